The number of hydrogen-bond donors (Lipinski definition) is 2. The standard InChI is InChI=1S/C16H10Cl2N2O2S/c17-11-7-9(5-6-12(11)21)8-19-20-16(22)15-14(18)10-3-1-2-4-13(10)23-15/h1-8,21H,(H,20,22). The number of phenols is 1. The number of carbonyl (C=O) groups excluding carboxylic acids is 1. The minimum absolute atomic E-state index is 0.00934. The van der Waals surface area contributed by atoms with Gasteiger partial charge in [-0.1, -0.05) is 41.4 Å². The van der Waals surface area contributed by atoms with Gasteiger partial charge in [0.05, 0.1) is 16.3 Å². The van der Waals surface area contributed by atoms with Crippen LogP contribution in [0.25, 0.3) is 10.1 Å². The normalized spacial score (nSPS) is 11.2. The van der Waals surface area contributed by atoms with Gasteiger partial charge in [0.1, 0.15) is 10.6 Å². The highest BCUT2D eigenvalue weighted by Crippen LogP contribution is 2.34. The molecule has 1 amide bonds. The third-order valence-corrected chi connectivity index (χ3v) is 5.07. The van der Waals surface area contributed by atoms with E-state index in [1.165, 1.54) is 23.6 Å². The lowest BCUT2D eigenvalue weighted by atomic mass is 10.2. The molecule has 2 N–H and O–H groups in total. The van der Waals surface area contributed by atoms with Crippen molar-refractivity contribution >= 4 is 56.7 Å². The molecule has 0 aliphatic heterocycles. The lowest BCUT2D eigenvalue weighted by Crippen LogP contribution is -2.16. The van der Waals surface area contributed by atoms with Crippen LogP contribution in [0.15, 0.2) is 47.6 Å². The number of rotatable bonds is 3. The largest absolute Gasteiger partial charge is 0.506 e. The van der Waals surface area contributed by atoms with Gasteiger partial charge in [0.25, 0.3) is 5.91 Å². The number of carbonyl (C=O) groups is 1. The van der Waals surface area contributed by atoms with Crippen molar-refractivity contribution in [1.82, 2.24) is 5.43 Å². The van der Waals surface area contributed by atoms with E-state index in [4.69, 9.17) is 23.2 Å². The average molecular weight is 365 g/mol. The van der Waals surface area contributed by atoms with E-state index >= 15 is 0 Å². The zero-order valence-corrected chi connectivity index (χ0v) is 13.9. The van der Waals surface area contributed by atoms with E-state index in [9.17, 15) is 9.90 Å². The van der Waals surface area contributed by atoms with Crippen LogP contribution in [0.2, 0.25) is 10.0 Å². The Morgan fingerprint density at radius 3 is 2.74 bits per heavy atom. The van der Waals surface area contributed by atoms with Gasteiger partial charge in [-0.05, 0) is 29.8 Å². The zero-order valence-electron chi connectivity index (χ0n) is 11.6. The van der Waals surface area contributed by atoms with Crippen LogP contribution in [0.3, 0.4) is 0 Å². The molecule has 23 heavy (non-hydrogen) atoms. The molecule has 0 spiro atoms. The fourth-order valence-corrected chi connectivity index (χ4v) is 3.58. The van der Waals surface area contributed by atoms with E-state index in [0.29, 0.717) is 15.5 Å². The van der Waals surface area contributed by atoms with Gasteiger partial charge in [-0.15, -0.1) is 11.3 Å². The second-order valence-corrected chi connectivity index (χ2v) is 6.49. The molecule has 2 aromatic carbocycles. The number of fused-ring (bicyclic) bond motifs is 1. The van der Waals surface area contributed by atoms with E-state index in [2.05, 4.69) is 10.5 Å². The molecule has 3 aromatic rings. The first-order valence-electron chi connectivity index (χ1n) is 6.55. The van der Waals surface area contributed by atoms with Gasteiger partial charge < -0.3 is 5.11 Å². The molecule has 0 bridgehead atoms. The molecule has 7 heteroatoms. The van der Waals surface area contributed by atoms with Crippen LogP contribution >= 0.6 is 34.5 Å². The van der Waals surface area contributed by atoms with Gasteiger partial charge >= 0.3 is 0 Å². The van der Waals surface area contributed by atoms with Crippen molar-refractivity contribution in [3.8, 4) is 5.75 Å². The number of benzene rings is 2. The molecule has 1 heterocycles. The van der Waals surface area contributed by atoms with E-state index in [1.54, 1.807) is 12.1 Å². The summed E-state index contributed by atoms with van der Waals surface area (Å²) in [7, 11) is 0. The number of aromatic hydroxyl groups is 1. The number of hydrazone groups is 1. The first-order chi connectivity index (χ1) is 11.1. The second kappa shape index (κ2) is 6.58. The molecule has 0 saturated heterocycles. The minimum Gasteiger partial charge on any atom is -0.506 e. The second-order valence-electron chi connectivity index (χ2n) is 4.65. The van der Waals surface area contributed by atoms with Crippen LogP contribution < -0.4 is 5.43 Å². The summed E-state index contributed by atoms with van der Waals surface area (Å²) >= 11 is 13.4. The van der Waals surface area contributed by atoms with Crippen molar-refractivity contribution in [3.05, 3.63) is 63.0 Å². The quantitative estimate of drug-likeness (QED) is 0.523. The summed E-state index contributed by atoms with van der Waals surface area (Å²) in [5.41, 5.74) is 3.08. The maximum atomic E-state index is 12.2. The molecular weight excluding hydrogens is 355 g/mol. The van der Waals surface area contributed by atoms with Gasteiger partial charge in [-0.2, -0.15) is 5.10 Å². The van der Waals surface area contributed by atoms with Crippen molar-refractivity contribution in [2.24, 2.45) is 5.10 Å². The molecule has 3 rings (SSSR count). The molecule has 0 aliphatic rings. The molecular formula is C16H10Cl2N2O2S. The van der Waals surface area contributed by atoms with E-state index in [1.807, 2.05) is 24.3 Å². The van der Waals surface area contributed by atoms with Gasteiger partial charge in [0, 0.05) is 10.1 Å². The first-order valence-corrected chi connectivity index (χ1v) is 8.12. The molecule has 0 radical (unpaired) electrons. The van der Waals surface area contributed by atoms with Crippen LogP contribution in [0, 0.1) is 0 Å². The monoisotopic (exact) mass is 364 g/mol. The Morgan fingerprint density at radius 2 is 2.00 bits per heavy atom. The Labute approximate surface area is 146 Å². The maximum Gasteiger partial charge on any atom is 0.283 e. The number of nitrogens with zero attached hydrogens (tertiary/aromatic N) is 1. The number of nitrogens with one attached hydrogen (secondary N) is 1. The first kappa shape index (κ1) is 15.8. The van der Waals surface area contributed by atoms with Crippen molar-refractivity contribution < 1.29 is 9.90 Å². The summed E-state index contributed by atoms with van der Waals surface area (Å²) in [6.45, 7) is 0. The average Bonchev–Trinajstić information content (AvgIpc) is 2.88. The molecule has 0 aliphatic carbocycles. The predicted octanol–water partition coefficient (Wildman–Crippen LogP) is 4.68. The van der Waals surface area contributed by atoms with Crippen LogP contribution in [-0.2, 0) is 0 Å². The highest BCUT2D eigenvalue weighted by molar-refractivity contribution is 7.21. The fourth-order valence-electron chi connectivity index (χ4n) is 1.98. The van der Waals surface area contributed by atoms with Gasteiger partial charge in [-0.25, -0.2) is 5.43 Å². The van der Waals surface area contributed by atoms with Crippen molar-refractivity contribution in [1.29, 1.82) is 0 Å². The summed E-state index contributed by atoms with van der Waals surface area (Å²) < 4.78 is 0.942. The third-order valence-electron chi connectivity index (χ3n) is 3.09. The Morgan fingerprint density at radius 1 is 1.22 bits per heavy atom. The summed E-state index contributed by atoms with van der Waals surface area (Å²) in [6.07, 6.45) is 1.43. The molecule has 0 fully saturated rings. The lowest BCUT2D eigenvalue weighted by molar-refractivity contribution is 0.0959. The Kier molecular flexibility index (Phi) is 4.52. The SMILES string of the molecule is O=C(NN=Cc1ccc(O)c(Cl)c1)c1sc2ccccc2c1Cl. The molecule has 0 unspecified atom stereocenters. The fraction of sp³-hybridized carbons (Fsp3) is 0. The molecule has 0 saturated carbocycles. The van der Waals surface area contributed by atoms with E-state index < -0.39 is 0 Å². The zero-order chi connectivity index (χ0) is 16.4. The van der Waals surface area contributed by atoms with E-state index in [-0.39, 0.29) is 16.7 Å². The molecule has 116 valence electrons. The number of hydrogen-bond acceptors (Lipinski definition) is 4. The van der Waals surface area contributed by atoms with Crippen LogP contribution in [0.4, 0.5) is 0 Å². The number of phenolic OH excluding ortho intramolecular Hbond substituents is 1. The Hall–Kier alpha value is -2.08. The highest BCUT2D eigenvalue weighted by atomic mass is 35.5. The smallest absolute Gasteiger partial charge is 0.283 e. The van der Waals surface area contributed by atoms with Crippen molar-refractivity contribution in [2.75, 3.05) is 0 Å². The van der Waals surface area contributed by atoms with Crippen molar-refractivity contribution in [2.45, 2.75) is 0 Å². The number of thiophene rings is 1. The lowest BCUT2D eigenvalue weighted by Gasteiger charge is -1.99. The van der Waals surface area contributed by atoms with Gasteiger partial charge in [-0.3, -0.25) is 4.79 Å². The highest BCUT2D eigenvalue weighted by Gasteiger charge is 2.16. The maximum absolute atomic E-state index is 12.2. The van der Waals surface area contributed by atoms with Gasteiger partial charge in [0.15, 0.2) is 0 Å². The van der Waals surface area contributed by atoms with Crippen LogP contribution in [-0.4, -0.2) is 17.2 Å². The summed E-state index contributed by atoms with van der Waals surface area (Å²) in [5, 5.41) is 14.7. The topological polar surface area (TPSA) is 61.7 Å². The third kappa shape index (κ3) is 3.32. The van der Waals surface area contributed by atoms with Crippen molar-refractivity contribution in [3.63, 3.8) is 0 Å². The minimum atomic E-state index is -0.377. The number of halogens is 2. The predicted molar refractivity (Wildman–Crippen MR) is 95.0 cm³/mol. The molecule has 4 nitrogen and oxygen atoms in total. The molecule has 1 aromatic heterocycles. The molecule has 0 atom stereocenters. The summed E-state index contributed by atoms with van der Waals surface area (Å²) in [6, 6.07) is 12.2. The Bertz CT molecular complexity index is 922. The Balaban J connectivity index is 1.77. The number of amides is 1. The van der Waals surface area contributed by atoms with Gasteiger partial charge in [0.2, 0.25) is 0 Å². The van der Waals surface area contributed by atoms with Crippen LogP contribution in [0.5, 0.6) is 5.75 Å². The van der Waals surface area contributed by atoms with E-state index in [0.717, 1.165) is 10.1 Å². The summed E-state index contributed by atoms with van der Waals surface area (Å²) in [4.78, 5) is 12.6. The van der Waals surface area contributed by atoms with Crippen LogP contribution in [0.1, 0.15) is 15.2 Å². The summed E-state index contributed by atoms with van der Waals surface area (Å²) in [5.74, 6) is -0.387.